The third kappa shape index (κ3) is 5.72. The Morgan fingerprint density at radius 1 is 0.972 bits per heavy atom. The Kier molecular flexibility index (Phi) is 8.47. The molecular formula is C29H43N3O4. The standard InChI is InChI=1S/C29H43N3O4/c1-35-24-12-9-22(10-13-24)11-14-28(34)32-21-23-5-3-15-31-16-4-6-25(29(23)31)26(32)7-2-8-27(33)30-17-19-36-20-18-30/h9-10,12-13,23,25-26,29H,2-8,11,14-21H2,1H3/t23-,25+,26+,29-/m0/s1. The van der Waals surface area contributed by atoms with Crippen molar-refractivity contribution in [1.82, 2.24) is 14.7 Å². The second kappa shape index (κ2) is 12.0. The van der Waals surface area contributed by atoms with Crippen LogP contribution in [0, 0.1) is 11.8 Å². The molecule has 0 aliphatic carbocycles. The van der Waals surface area contributed by atoms with Crippen LogP contribution in [0.2, 0.25) is 0 Å². The number of hydrogen-bond acceptors (Lipinski definition) is 5. The van der Waals surface area contributed by atoms with E-state index in [1.165, 1.54) is 44.3 Å². The maximum atomic E-state index is 13.7. The largest absolute Gasteiger partial charge is 0.497 e. The molecule has 36 heavy (non-hydrogen) atoms. The van der Waals surface area contributed by atoms with Crippen molar-refractivity contribution in [3.8, 4) is 5.75 Å². The molecule has 0 bridgehead atoms. The van der Waals surface area contributed by atoms with E-state index in [9.17, 15) is 9.59 Å². The minimum atomic E-state index is 0.243. The molecule has 0 saturated carbocycles. The van der Waals surface area contributed by atoms with Crippen LogP contribution in [0.25, 0.3) is 0 Å². The molecule has 4 atom stereocenters. The number of carbonyl (C=O) groups excluding carboxylic acids is 2. The summed E-state index contributed by atoms with van der Waals surface area (Å²) in [4.78, 5) is 33.4. The van der Waals surface area contributed by atoms with Crippen molar-refractivity contribution in [2.75, 3.05) is 53.0 Å². The monoisotopic (exact) mass is 497 g/mol. The molecule has 0 spiro atoms. The summed E-state index contributed by atoms with van der Waals surface area (Å²) in [7, 11) is 1.68. The lowest BCUT2D eigenvalue weighted by atomic mass is 9.69. The minimum Gasteiger partial charge on any atom is -0.497 e. The van der Waals surface area contributed by atoms with Gasteiger partial charge in [0.1, 0.15) is 5.75 Å². The number of aryl methyl sites for hydroxylation is 1. The first kappa shape index (κ1) is 25.5. The second-order valence-electron chi connectivity index (χ2n) is 11.1. The first-order valence-corrected chi connectivity index (χ1v) is 14.2. The Hall–Kier alpha value is -2.12. The molecule has 4 heterocycles. The van der Waals surface area contributed by atoms with Crippen LogP contribution >= 0.6 is 0 Å². The number of rotatable bonds is 8. The van der Waals surface area contributed by atoms with Gasteiger partial charge in [0.05, 0.1) is 20.3 Å². The molecule has 4 fully saturated rings. The fourth-order valence-electron chi connectivity index (χ4n) is 7.27. The molecule has 7 heteroatoms. The summed E-state index contributed by atoms with van der Waals surface area (Å²) in [6, 6.07) is 8.95. The fourth-order valence-corrected chi connectivity index (χ4v) is 7.27. The summed E-state index contributed by atoms with van der Waals surface area (Å²) < 4.78 is 10.7. The highest BCUT2D eigenvalue weighted by atomic mass is 16.5. The van der Waals surface area contributed by atoms with Gasteiger partial charge in [-0.2, -0.15) is 0 Å². The molecule has 4 aliphatic heterocycles. The van der Waals surface area contributed by atoms with Gasteiger partial charge in [-0.15, -0.1) is 0 Å². The molecule has 198 valence electrons. The summed E-state index contributed by atoms with van der Waals surface area (Å²) in [6.07, 6.45) is 8.60. The van der Waals surface area contributed by atoms with E-state index in [0.29, 0.717) is 57.0 Å². The van der Waals surface area contributed by atoms with Crippen LogP contribution < -0.4 is 4.74 Å². The van der Waals surface area contributed by atoms with Crippen LogP contribution in [0.5, 0.6) is 5.75 Å². The third-order valence-corrected chi connectivity index (χ3v) is 9.03. The number of hydrogen-bond donors (Lipinski definition) is 0. The van der Waals surface area contributed by atoms with Crippen molar-refractivity contribution in [2.24, 2.45) is 11.8 Å². The van der Waals surface area contributed by atoms with Gasteiger partial charge in [-0.05, 0) is 87.6 Å². The Balaban J connectivity index is 1.25. The van der Waals surface area contributed by atoms with E-state index in [1.54, 1.807) is 7.11 Å². The summed E-state index contributed by atoms with van der Waals surface area (Å²) in [6.45, 7) is 6.02. The first-order valence-electron chi connectivity index (χ1n) is 14.2. The molecule has 7 nitrogen and oxygen atoms in total. The second-order valence-corrected chi connectivity index (χ2v) is 11.1. The Labute approximate surface area is 216 Å². The Morgan fingerprint density at radius 3 is 2.47 bits per heavy atom. The number of nitrogens with zero attached hydrogens (tertiary/aromatic N) is 3. The Bertz CT molecular complexity index is 883. The fraction of sp³-hybridized carbons (Fsp3) is 0.724. The SMILES string of the molecule is COc1ccc(CCC(=O)N2C[C@@H]3CCCN4CCC[C@@H]([C@H]34)[C@H]2CCCC(=O)N2CCOCC2)cc1. The zero-order valence-corrected chi connectivity index (χ0v) is 21.9. The molecule has 0 radical (unpaired) electrons. The molecule has 4 aliphatic rings. The minimum absolute atomic E-state index is 0.243. The molecule has 1 aromatic carbocycles. The number of ether oxygens (including phenoxy) is 2. The zero-order chi connectivity index (χ0) is 24.9. The predicted octanol–water partition coefficient (Wildman–Crippen LogP) is 3.36. The number of amides is 2. The van der Waals surface area contributed by atoms with Crippen LogP contribution in [-0.4, -0.2) is 91.6 Å². The maximum Gasteiger partial charge on any atom is 0.223 e. The van der Waals surface area contributed by atoms with Crippen LogP contribution in [-0.2, 0) is 20.7 Å². The smallest absolute Gasteiger partial charge is 0.223 e. The zero-order valence-electron chi connectivity index (χ0n) is 21.9. The summed E-state index contributed by atoms with van der Waals surface area (Å²) in [5.41, 5.74) is 1.17. The maximum absolute atomic E-state index is 13.7. The van der Waals surface area contributed by atoms with Crippen molar-refractivity contribution in [3.05, 3.63) is 29.8 Å². The number of piperidine rings is 3. The highest BCUT2D eigenvalue weighted by molar-refractivity contribution is 5.77. The predicted molar refractivity (Wildman–Crippen MR) is 139 cm³/mol. The summed E-state index contributed by atoms with van der Waals surface area (Å²) in [5.74, 6) is 2.52. The number of likely N-dealkylation sites (tertiary alicyclic amines) is 1. The van der Waals surface area contributed by atoms with E-state index in [0.717, 1.165) is 31.6 Å². The van der Waals surface area contributed by atoms with Gasteiger partial charge in [-0.25, -0.2) is 0 Å². The molecule has 1 aromatic rings. The van der Waals surface area contributed by atoms with Gasteiger partial charge in [0.25, 0.3) is 0 Å². The topological polar surface area (TPSA) is 62.3 Å². The van der Waals surface area contributed by atoms with E-state index < -0.39 is 0 Å². The molecule has 5 rings (SSSR count). The van der Waals surface area contributed by atoms with Crippen LogP contribution in [0.3, 0.4) is 0 Å². The van der Waals surface area contributed by atoms with Crippen LogP contribution in [0.4, 0.5) is 0 Å². The van der Waals surface area contributed by atoms with Crippen molar-refractivity contribution >= 4 is 11.8 Å². The average molecular weight is 498 g/mol. The summed E-state index contributed by atoms with van der Waals surface area (Å²) in [5, 5.41) is 0. The van der Waals surface area contributed by atoms with Gasteiger partial charge in [0.2, 0.25) is 11.8 Å². The van der Waals surface area contributed by atoms with Crippen molar-refractivity contribution in [1.29, 1.82) is 0 Å². The van der Waals surface area contributed by atoms with Crippen molar-refractivity contribution in [2.45, 2.75) is 69.9 Å². The number of benzene rings is 1. The van der Waals surface area contributed by atoms with Gasteiger partial charge < -0.3 is 19.3 Å². The molecule has 0 unspecified atom stereocenters. The van der Waals surface area contributed by atoms with Gasteiger partial charge in [-0.1, -0.05) is 12.1 Å². The Morgan fingerprint density at radius 2 is 1.72 bits per heavy atom. The van der Waals surface area contributed by atoms with Crippen molar-refractivity contribution in [3.63, 3.8) is 0 Å². The quantitative estimate of drug-likeness (QED) is 0.551. The lowest BCUT2D eigenvalue weighted by Crippen LogP contribution is -2.65. The molecule has 2 amide bonds. The highest BCUT2D eigenvalue weighted by Crippen LogP contribution is 2.43. The third-order valence-electron chi connectivity index (χ3n) is 9.03. The first-order chi connectivity index (χ1) is 17.6. The van der Waals surface area contributed by atoms with E-state index >= 15 is 0 Å². The van der Waals surface area contributed by atoms with E-state index in [1.807, 2.05) is 17.0 Å². The lowest BCUT2D eigenvalue weighted by Gasteiger charge is -2.57. The van der Waals surface area contributed by atoms with E-state index in [2.05, 4.69) is 21.9 Å². The highest BCUT2D eigenvalue weighted by Gasteiger charge is 2.49. The van der Waals surface area contributed by atoms with Crippen LogP contribution in [0.1, 0.15) is 56.9 Å². The lowest BCUT2D eigenvalue weighted by molar-refractivity contribution is -0.146. The van der Waals surface area contributed by atoms with Crippen LogP contribution in [0.15, 0.2) is 24.3 Å². The number of carbonyl (C=O) groups is 2. The van der Waals surface area contributed by atoms with E-state index in [4.69, 9.17) is 9.47 Å². The van der Waals surface area contributed by atoms with Crippen molar-refractivity contribution < 1.29 is 19.1 Å². The summed E-state index contributed by atoms with van der Waals surface area (Å²) >= 11 is 0. The number of methoxy groups -OCH3 is 1. The molecule has 0 aromatic heterocycles. The molecule has 4 saturated heterocycles. The van der Waals surface area contributed by atoms with Gasteiger partial charge in [0.15, 0.2) is 0 Å². The molecular weight excluding hydrogens is 454 g/mol. The molecule has 0 N–H and O–H groups in total. The van der Waals surface area contributed by atoms with Gasteiger partial charge in [0, 0.05) is 44.6 Å². The normalized spacial score (nSPS) is 28.5. The van der Waals surface area contributed by atoms with Gasteiger partial charge in [-0.3, -0.25) is 14.5 Å². The average Bonchev–Trinajstić information content (AvgIpc) is 2.93. The van der Waals surface area contributed by atoms with Gasteiger partial charge >= 0.3 is 0 Å². The van der Waals surface area contributed by atoms with E-state index in [-0.39, 0.29) is 17.9 Å². The number of morpholine rings is 1.